The van der Waals surface area contributed by atoms with Crippen LogP contribution in [0.25, 0.3) is 0 Å². The van der Waals surface area contributed by atoms with E-state index in [0.717, 1.165) is 24.4 Å². The molecule has 0 bridgehead atoms. The molecule has 0 unspecified atom stereocenters. The molecule has 1 saturated heterocycles. The Bertz CT molecular complexity index is 209. The summed E-state index contributed by atoms with van der Waals surface area (Å²) < 4.78 is 11.9. The Morgan fingerprint density at radius 2 is 1.80 bits per heavy atom. The highest BCUT2D eigenvalue weighted by Gasteiger charge is 2.13. The molecule has 0 N–H and O–H groups in total. The van der Waals surface area contributed by atoms with Crippen molar-refractivity contribution < 1.29 is 9.47 Å². The summed E-state index contributed by atoms with van der Waals surface area (Å²) in [5, 5.41) is 0. The summed E-state index contributed by atoms with van der Waals surface area (Å²) in [6.07, 6.45) is 9.87. The average Bonchev–Trinajstić information content (AvgIpc) is 2.48. The van der Waals surface area contributed by atoms with Gasteiger partial charge in [-0.05, 0) is 44.6 Å². The lowest BCUT2D eigenvalue weighted by atomic mass is 10.1. The van der Waals surface area contributed by atoms with Crippen LogP contribution in [0.1, 0.15) is 58.8 Å². The number of hydrogen-bond acceptors (Lipinski definition) is 4. The van der Waals surface area contributed by atoms with Gasteiger partial charge in [-0.15, -0.1) is 23.5 Å². The quantitative estimate of drug-likeness (QED) is 0.473. The van der Waals surface area contributed by atoms with Gasteiger partial charge in [-0.3, -0.25) is 0 Å². The number of hydrogen-bond donors (Lipinski definition) is 0. The van der Waals surface area contributed by atoms with Gasteiger partial charge in [-0.25, -0.2) is 0 Å². The van der Waals surface area contributed by atoms with Gasteiger partial charge in [0, 0.05) is 6.61 Å². The lowest BCUT2D eigenvalue weighted by molar-refractivity contribution is 0.0112. The predicted molar refractivity (Wildman–Crippen MR) is 92.9 cm³/mol. The van der Waals surface area contributed by atoms with Crippen LogP contribution >= 0.6 is 23.5 Å². The zero-order chi connectivity index (χ0) is 14.5. The van der Waals surface area contributed by atoms with Crippen LogP contribution in [0.2, 0.25) is 0 Å². The van der Waals surface area contributed by atoms with Crippen molar-refractivity contribution in [2.45, 2.75) is 69.5 Å². The first kappa shape index (κ1) is 18.7. The van der Waals surface area contributed by atoms with Crippen molar-refractivity contribution in [3.05, 3.63) is 0 Å². The van der Waals surface area contributed by atoms with Gasteiger partial charge < -0.3 is 9.47 Å². The normalized spacial score (nSPS) is 18.3. The van der Waals surface area contributed by atoms with Crippen LogP contribution in [0.4, 0.5) is 0 Å². The maximum absolute atomic E-state index is 5.71. The molecule has 0 aromatic rings. The Balaban J connectivity index is 1.81. The molecule has 0 radical (unpaired) electrons. The van der Waals surface area contributed by atoms with E-state index in [1.807, 2.05) is 6.92 Å². The van der Waals surface area contributed by atoms with Crippen LogP contribution in [-0.4, -0.2) is 42.0 Å². The Morgan fingerprint density at radius 1 is 1.05 bits per heavy atom. The van der Waals surface area contributed by atoms with E-state index in [4.69, 9.17) is 9.47 Å². The molecule has 20 heavy (non-hydrogen) atoms. The van der Waals surface area contributed by atoms with Crippen molar-refractivity contribution >= 4 is 23.5 Å². The maximum Gasteiger partial charge on any atom is 0.0704 e. The minimum atomic E-state index is 0.389. The molecule has 1 rings (SSSR count). The van der Waals surface area contributed by atoms with Crippen LogP contribution in [0.3, 0.4) is 0 Å². The zero-order valence-corrected chi connectivity index (χ0v) is 14.9. The van der Waals surface area contributed by atoms with Gasteiger partial charge in [0.15, 0.2) is 0 Å². The van der Waals surface area contributed by atoms with Crippen molar-refractivity contribution in [1.82, 2.24) is 0 Å². The number of thioether (sulfide) groups is 2. The minimum absolute atomic E-state index is 0.389. The maximum atomic E-state index is 5.71. The lowest BCUT2D eigenvalue weighted by Crippen LogP contribution is -2.12. The third-order valence-electron chi connectivity index (χ3n) is 3.53. The van der Waals surface area contributed by atoms with Crippen molar-refractivity contribution in [3.63, 3.8) is 0 Å². The van der Waals surface area contributed by atoms with E-state index in [1.165, 1.54) is 56.5 Å². The summed E-state index contributed by atoms with van der Waals surface area (Å²) in [4.78, 5) is 0. The Morgan fingerprint density at radius 3 is 2.55 bits per heavy atom. The second kappa shape index (κ2) is 13.3. The molecule has 0 aromatic carbocycles. The fourth-order valence-corrected chi connectivity index (χ4v) is 5.29. The molecule has 4 heteroatoms. The topological polar surface area (TPSA) is 18.5 Å². The average molecular weight is 321 g/mol. The first-order valence-electron chi connectivity index (χ1n) is 8.25. The third kappa shape index (κ3) is 10.4. The molecule has 0 aromatic heterocycles. The van der Waals surface area contributed by atoms with E-state index in [9.17, 15) is 0 Å². The zero-order valence-electron chi connectivity index (χ0n) is 13.3. The molecule has 1 heterocycles. The summed E-state index contributed by atoms with van der Waals surface area (Å²) in [6.45, 7) is 6.47. The van der Waals surface area contributed by atoms with E-state index in [1.54, 1.807) is 0 Å². The van der Waals surface area contributed by atoms with Gasteiger partial charge in [-0.2, -0.15) is 0 Å². The van der Waals surface area contributed by atoms with Gasteiger partial charge >= 0.3 is 0 Å². The molecule has 0 amide bonds. The van der Waals surface area contributed by atoms with Crippen LogP contribution in [0.5, 0.6) is 0 Å². The fraction of sp³-hybridized carbons (Fsp3) is 1.00. The molecule has 1 fully saturated rings. The van der Waals surface area contributed by atoms with Crippen molar-refractivity contribution in [2.24, 2.45) is 0 Å². The van der Waals surface area contributed by atoms with Gasteiger partial charge in [0.25, 0.3) is 0 Å². The van der Waals surface area contributed by atoms with E-state index in [-0.39, 0.29) is 0 Å². The highest BCUT2D eigenvalue weighted by atomic mass is 32.2. The summed E-state index contributed by atoms with van der Waals surface area (Å²) in [5.41, 5.74) is 0. The molecule has 0 spiro atoms. The SMILES string of the molecule is CCOCCO[C@H](C)CCCCCCC1SCCCS1. The second-order valence-corrected chi connectivity index (χ2v) is 8.31. The predicted octanol–water partition coefficient (Wildman–Crippen LogP) is 4.96. The fourth-order valence-electron chi connectivity index (χ4n) is 2.34. The molecular weight excluding hydrogens is 288 g/mol. The van der Waals surface area contributed by atoms with Crippen molar-refractivity contribution in [2.75, 3.05) is 31.3 Å². The van der Waals surface area contributed by atoms with E-state index in [0.29, 0.717) is 6.10 Å². The largest absolute Gasteiger partial charge is 0.379 e. The third-order valence-corrected chi connectivity index (χ3v) is 6.61. The monoisotopic (exact) mass is 320 g/mol. The minimum Gasteiger partial charge on any atom is -0.379 e. The second-order valence-electron chi connectivity index (χ2n) is 5.39. The molecule has 1 aliphatic heterocycles. The first-order chi connectivity index (χ1) is 9.83. The van der Waals surface area contributed by atoms with Gasteiger partial charge in [-0.1, -0.05) is 25.7 Å². The smallest absolute Gasteiger partial charge is 0.0704 e. The molecular formula is C16H32O2S2. The number of unbranched alkanes of at least 4 members (excludes halogenated alkanes) is 3. The molecule has 1 atom stereocenters. The summed E-state index contributed by atoms with van der Waals surface area (Å²) in [6, 6.07) is 0. The number of rotatable bonds is 12. The van der Waals surface area contributed by atoms with Crippen molar-refractivity contribution in [1.29, 1.82) is 0 Å². The summed E-state index contributed by atoms with van der Waals surface area (Å²) in [7, 11) is 0. The molecule has 0 saturated carbocycles. The highest BCUT2D eigenvalue weighted by molar-refractivity contribution is 8.17. The van der Waals surface area contributed by atoms with Gasteiger partial charge in [0.2, 0.25) is 0 Å². The lowest BCUT2D eigenvalue weighted by Gasteiger charge is -2.20. The van der Waals surface area contributed by atoms with Crippen LogP contribution in [-0.2, 0) is 9.47 Å². The van der Waals surface area contributed by atoms with Gasteiger partial charge in [0.05, 0.1) is 23.9 Å². The first-order valence-corrected chi connectivity index (χ1v) is 10.3. The molecule has 120 valence electrons. The van der Waals surface area contributed by atoms with Crippen molar-refractivity contribution in [3.8, 4) is 0 Å². The molecule has 1 aliphatic rings. The van der Waals surface area contributed by atoms with Crippen LogP contribution in [0, 0.1) is 0 Å². The van der Waals surface area contributed by atoms with E-state index >= 15 is 0 Å². The van der Waals surface area contributed by atoms with E-state index < -0.39 is 0 Å². The Labute approximate surface area is 134 Å². The Hall–Kier alpha value is 0.620. The van der Waals surface area contributed by atoms with Crippen LogP contribution < -0.4 is 0 Å². The highest BCUT2D eigenvalue weighted by Crippen LogP contribution is 2.34. The van der Waals surface area contributed by atoms with E-state index in [2.05, 4.69) is 30.4 Å². The standard InChI is InChI=1S/C16H32O2S2/c1-3-17-11-12-18-15(2)9-6-4-5-7-10-16-19-13-8-14-20-16/h15-16H,3-14H2,1-2H3/t15-/m1/s1. The number of ether oxygens (including phenoxy) is 2. The Kier molecular flexibility index (Phi) is 12.4. The summed E-state index contributed by atoms with van der Waals surface area (Å²) in [5.74, 6) is 2.77. The molecule has 2 nitrogen and oxygen atoms in total. The summed E-state index contributed by atoms with van der Waals surface area (Å²) >= 11 is 4.35. The van der Waals surface area contributed by atoms with Crippen LogP contribution in [0.15, 0.2) is 0 Å². The molecule has 0 aliphatic carbocycles. The van der Waals surface area contributed by atoms with Gasteiger partial charge in [0.1, 0.15) is 0 Å².